The van der Waals surface area contributed by atoms with Crippen LogP contribution >= 0.6 is 11.6 Å². The number of hydrogen-bond acceptors (Lipinski definition) is 5. The zero-order chi connectivity index (χ0) is 21.0. The molecule has 1 aliphatic heterocycles. The molecule has 0 bridgehead atoms. The van der Waals surface area contributed by atoms with E-state index in [1.807, 2.05) is 0 Å². The number of piperazine rings is 1. The maximum Gasteiger partial charge on any atom is 0.288 e. The topological polar surface area (TPSA) is 101 Å². The van der Waals surface area contributed by atoms with Crippen molar-refractivity contribution in [2.24, 2.45) is 0 Å². The molecule has 0 unspecified atom stereocenters. The summed E-state index contributed by atoms with van der Waals surface area (Å²) < 4.78 is 26.6. The predicted molar refractivity (Wildman–Crippen MR) is 109 cm³/mol. The van der Waals surface area contributed by atoms with Gasteiger partial charge in [0.25, 0.3) is 5.69 Å². The fourth-order valence-electron chi connectivity index (χ4n) is 2.94. The number of halogens is 1. The minimum absolute atomic E-state index is 0.0224. The Morgan fingerprint density at radius 2 is 1.72 bits per heavy atom. The highest BCUT2D eigenvalue weighted by Crippen LogP contribution is 2.25. The first-order chi connectivity index (χ1) is 13.8. The second kappa shape index (κ2) is 8.73. The van der Waals surface area contributed by atoms with Crippen LogP contribution in [0.15, 0.2) is 59.5 Å². The van der Waals surface area contributed by atoms with Gasteiger partial charge in [-0.05, 0) is 29.8 Å². The summed E-state index contributed by atoms with van der Waals surface area (Å²) in [5.74, 6) is -0.292. The number of carbonyl (C=O) groups is 1. The minimum atomic E-state index is -3.58. The normalized spacial score (nSPS) is 15.6. The number of rotatable bonds is 5. The Kier molecular flexibility index (Phi) is 6.31. The van der Waals surface area contributed by atoms with Crippen molar-refractivity contribution in [3.63, 3.8) is 0 Å². The van der Waals surface area contributed by atoms with Gasteiger partial charge in [-0.25, -0.2) is 8.42 Å². The van der Waals surface area contributed by atoms with E-state index in [-0.39, 0.29) is 47.7 Å². The van der Waals surface area contributed by atoms with Gasteiger partial charge in [0.05, 0.1) is 9.82 Å². The smallest absolute Gasteiger partial charge is 0.288 e. The van der Waals surface area contributed by atoms with Gasteiger partial charge in [-0.15, -0.1) is 0 Å². The fourth-order valence-corrected chi connectivity index (χ4v) is 4.57. The second-order valence-electron chi connectivity index (χ2n) is 6.34. The summed E-state index contributed by atoms with van der Waals surface area (Å²) in [7, 11) is -3.58. The highest BCUT2D eigenvalue weighted by Gasteiger charge is 2.29. The van der Waals surface area contributed by atoms with Crippen molar-refractivity contribution < 1.29 is 18.1 Å². The quantitative estimate of drug-likeness (QED) is 0.408. The van der Waals surface area contributed by atoms with Crippen molar-refractivity contribution in [3.8, 4) is 0 Å². The molecule has 1 heterocycles. The van der Waals surface area contributed by atoms with Crippen LogP contribution in [0.3, 0.4) is 0 Å². The lowest BCUT2D eigenvalue weighted by molar-refractivity contribution is -0.384. The predicted octanol–water partition coefficient (Wildman–Crippen LogP) is 2.79. The van der Waals surface area contributed by atoms with Crippen molar-refractivity contribution in [2.45, 2.75) is 4.90 Å². The highest BCUT2D eigenvalue weighted by molar-refractivity contribution is 7.89. The van der Waals surface area contributed by atoms with E-state index < -0.39 is 14.9 Å². The molecule has 1 aliphatic rings. The van der Waals surface area contributed by atoms with Gasteiger partial charge in [0, 0.05) is 38.3 Å². The van der Waals surface area contributed by atoms with Gasteiger partial charge in [0.15, 0.2) is 0 Å². The Labute approximate surface area is 173 Å². The molecular weight excluding hydrogens is 418 g/mol. The number of nitro benzene ring substituents is 1. The molecule has 0 aromatic heterocycles. The third-order valence-corrected chi connectivity index (χ3v) is 6.75. The van der Waals surface area contributed by atoms with Crippen LogP contribution in [0.2, 0.25) is 5.02 Å². The number of amides is 1. The summed E-state index contributed by atoms with van der Waals surface area (Å²) in [5.41, 5.74) is 0.237. The molecule has 2 aromatic carbocycles. The first-order valence-electron chi connectivity index (χ1n) is 8.75. The Bertz CT molecular complexity index is 1050. The molecule has 29 heavy (non-hydrogen) atoms. The Balaban J connectivity index is 1.63. The van der Waals surface area contributed by atoms with E-state index in [0.29, 0.717) is 5.56 Å². The largest absolute Gasteiger partial charge is 0.337 e. The molecule has 1 saturated heterocycles. The number of nitrogens with zero attached hydrogens (tertiary/aromatic N) is 3. The molecule has 0 aliphatic carbocycles. The third-order valence-electron chi connectivity index (χ3n) is 4.52. The number of sulfonamides is 1. The molecule has 0 saturated carbocycles. The molecule has 1 fully saturated rings. The fraction of sp³-hybridized carbons (Fsp3) is 0.211. The number of nitro groups is 1. The van der Waals surface area contributed by atoms with E-state index >= 15 is 0 Å². The van der Waals surface area contributed by atoms with Crippen LogP contribution < -0.4 is 0 Å². The molecule has 0 radical (unpaired) electrons. The van der Waals surface area contributed by atoms with Gasteiger partial charge in [0.2, 0.25) is 15.9 Å². The maximum absolute atomic E-state index is 12.6. The zero-order valence-corrected chi connectivity index (χ0v) is 16.8. The zero-order valence-electron chi connectivity index (χ0n) is 15.3. The first kappa shape index (κ1) is 21.0. The summed E-state index contributed by atoms with van der Waals surface area (Å²) in [6, 6.07) is 12.4. The molecule has 1 amide bonds. The van der Waals surface area contributed by atoms with Crippen LogP contribution in [0.5, 0.6) is 0 Å². The van der Waals surface area contributed by atoms with E-state index in [2.05, 4.69) is 0 Å². The van der Waals surface area contributed by atoms with E-state index in [4.69, 9.17) is 11.6 Å². The lowest BCUT2D eigenvalue weighted by Crippen LogP contribution is -2.50. The summed E-state index contributed by atoms with van der Waals surface area (Å²) in [5, 5.41) is 11.0. The molecular formula is C19H18ClN3O5S. The molecule has 0 atom stereocenters. The molecule has 152 valence electrons. The minimum Gasteiger partial charge on any atom is -0.337 e. The van der Waals surface area contributed by atoms with Crippen LogP contribution in [0.4, 0.5) is 5.69 Å². The number of benzene rings is 2. The van der Waals surface area contributed by atoms with E-state index in [9.17, 15) is 23.3 Å². The van der Waals surface area contributed by atoms with Crippen LogP contribution in [0, 0.1) is 10.1 Å². The monoisotopic (exact) mass is 435 g/mol. The van der Waals surface area contributed by atoms with Crippen LogP contribution in [0.1, 0.15) is 5.56 Å². The Morgan fingerprint density at radius 1 is 1.07 bits per heavy atom. The molecule has 0 N–H and O–H groups in total. The van der Waals surface area contributed by atoms with Gasteiger partial charge in [-0.1, -0.05) is 35.9 Å². The average molecular weight is 436 g/mol. The summed E-state index contributed by atoms with van der Waals surface area (Å²) in [6.45, 7) is 0.915. The molecule has 2 aromatic rings. The Morgan fingerprint density at radius 3 is 2.34 bits per heavy atom. The molecule has 8 nitrogen and oxygen atoms in total. The third kappa shape index (κ3) is 4.81. The average Bonchev–Trinajstić information content (AvgIpc) is 2.73. The van der Waals surface area contributed by atoms with E-state index in [1.54, 1.807) is 36.4 Å². The Hall–Kier alpha value is -2.75. The van der Waals surface area contributed by atoms with Gasteiger partial charge in [-0.3, -0.25) is 14.9 Å². The maximum atomic E-state index is 12.6. The van der Waals surface area contributed by atoms with Crippen molar-refractivity contribution >= 4 is 39.3 Å². The number of hydrogen-bond donors (Lipinski definition) is 0. The van der Waals surface area contributed by atoms with Gasteiger partial charge < -0.3 is 4.90 Å². The van der Waals surface area contributed by atoms with E-state index in [0.717, 1.165) is 0 Å². The summed E-state index contributed by atoms with van der Waals surface area (Å²) >= 11 is 5.78. The van der Waals surface area contributed by atoms with Crippen molar-refractivity contribution in [3.05, 3.63) is 75.3 Å². The van der Waals surface area contributed by atoms with Crippen molar-refractivity contribution in [2.75, 3.05) is 26.2 Å². The van der Waals surface area contributed by atoms with Crippen molar-refractivity contribution in [1.29, 1.82) is 0 Å². The standard InChI is InChI=1S/C19H18ClN3O5S/c20-17-8-6-15(14-18(17)23(25)26)7-9-19(24)21-10-12-22(13-11-21)29(27,28)16-4-2-1-3-5-16/h1-9,14H,10-13H2/b9-7+. The van der Waals surface area contributed by atoms with Crippen LogP contribution in [-0.4, -0.2) is 54.6 Å². The van der Waals surface area contributed by atoms with E-state index in [1.165, 1.54) is 33.5 Å². The van der Waals surface area contributed by atoms with Gasteiger partial charge in [0.1, 0.15) is 5.02 Å². The van der Waals surface area contributed by atoms with Gasteiger partial charge in [-0.2, -0.15) is 4.31 Å². The van der Waals surface area contributed by atoms with Gasteiger partial charge >= 0.3 is 0 Å². The van der Waals surface area contributed by atoms with Crippen LogP contribution in [-0.2, 0) is 14.8 Å². The molecule has 10 heteroatoms. The second-order valence-corrected chi connectivity index (χ2v) is 8.69. The lowest BCUT2D eigenvalue weighted by atomic mass is 10.2. The molecule has 0 spiro atoms. The highest BCUT2D eigenvalue weighted by atomic mass is 35.5. The first-order valence-corrected chi connectivity index (χ1v) is 10.6. The SMILES string of the molecule is O=C(/C=C/c1ccc(Cl)c([N+](=O)[O-])c1)N1CCN(S(=O)(=O)c2ccccc2)CC1. The summed E-state index contributed by atoms with van der Waals surface area (Å²) in [4.78, 5) is 24.5. The summed E-state index contributed by atoms with van der Waals surface area (Å²) in [6.07, 6.45) is 2.78. The molecule has 3 rings (SSSR count). The van der Waals surface area contributed by atoms with Crippen molar-refractivity contribution in [1.82, 2.24) is 9.21 Å². The number of carbonyl (C=O) groups excluding carboxylic acids is 1. The lowest BCUT2D eigenvalue weighted by Gasteiger charge is -2.33. The van der Waals surface area contributed by atoms with Crippen LogP contribution in [0.25, 0.3) is 6.08 Å².